The van der Waals surface area contributed by atoms with Crippen molar-refractivity contribution in [3.63, 3.8) is 0 Å². The smallest absolute Gasteiger partial charge is 0.360 e. The fourth-order valence-corrected chi connectivity index (χ4v) is 25.2. The molecule has 5 aromatic carbocycles. The molecule has 198 valence electrons. The van der Waals surface area contributed by atoms with Gasteiger partial charge in [-0.2, -0.15) is 0 Å². The number of benzene rings is 5. The van der Waals surface area contributed by atoms with Gasteiger partial charge in [-0.05, 0) is 48.5 Å². The molecule has 8 rings (SSSR count). The maximum absolute atomic E-state index is 2.89. The first kappa shape index (κ1) is 24.2. The molecular weight excluding hydrogens is 531 g/mol. The Labute approximate surface area is 244 Å². The Bertz CT molecular complexity index is 1590. The second-order valence-corrected chi connectivity index (χ2v) is 20.3. The monoisotopic (exact) mass is 561 g/mol. The van der Waals surface area contributed by atoms with Gasteiger partial charge in [0.15, 0.2) is 8.31 Å². The Balaban J connectivity index is 1.54. The lowest BCUT2D eigenvalue weighted by Gasteiger charge is -2.50. The van der Waals surface area contributed by atoms with Crippen LogP contribution in [-0.4, -0.2) is 22.4 Å². The Morgan fingerprint density at radius 1 is 0.463 bits per heavy atom. The zero-order chi connectivity index (χ0) is 27.2. The second-order valence-electron chi connectivity index (χ2n) is 10.9. The summed E-state index contributed by atoms with van der Waals surface area (Å²) in [6.07, 6.45) is 9.56. The minimum absolute atomic E-state index is 0.276. The van der Waals surface area contributed by atoms with Crippen LogP contribution in [0.4, 0.5) is 28.4 Å². The van der Waals surface area contributed by atoms with Crippen molar-refractivity contribution in [2.24, 2.45) is 0 Å². The highest BCUT2D eigenvalue weighted by atomic mass is 29.2. The van der Waals surface area contributed by atoms with E-state index in [9.17, 15) is 0 Å². The zero-order valence-electron chi connectivity index (χ0n) is 22.7. The van der Waals surface area contributed by atoms with E-state index >= 15 is 0 Å². The standard InChI is InChI=1S/C36H31N3Si2/c1-5-17-29(18-6-1)37-33-25-13-14-26-34(33)38(30-19-7-2-8-20-30)41(37)39(31-21-9-3-10-22-31)35-27-15-16-28-36(35)40(41)32-23-11-4-12-24-32/h1-28,35-36,40H. The summed E-state index contributed by atoms with van der Waals surface area (Å²) in [5.74, 6) is 0. The predicted molar refractivity (Wildman–Crippen MR) is 177 cm³/mol. The van der Waals surface area contributed by atoms with E-state index in [4.69, 9.17) is 0 Å². The van der Waals surface area contributed by atoms with Crippen molar-refractivity contribution in [2.75, 3.05) is 13.7 Å². The number of allylic oxidation sites excluding steroid dienone is 2. The van der Waals surface area contributed by atoms with Gasteiger partial charge in [0.05, 0.1) is 11.4 Å². The Hall–Kier alpha value is -4.59. The number of hydrogen-bond donors (Lipinski definition) is 0. The minimum atomic E-state index is -2.85. The molecule has 1 fully saturated rings. The molecule has 3 atom stereocenters. The van der Waals surface area contributed by atoms with Crippen molar-refractivity contribution in [3.8, 4) is 0 Å². The molecule has 3 aliphatic rings. The maximum Gasteiger partial charge on any atom is 0.367 e. The molecule has 3 unspecified atom stereocenters. The van der Waals surface area contributed by atoms with Gasteiger partial charge in [-0.15, -0.1) is 0 Å². The average molecular weight is 562 g/mol. The molecule has 0 aromatic heterocycles. The zero-order valence-corrected chi connectivity index (χ0v) is 24.9. The number of anilines is 5. The molecule has 0 N–H and O–H groups in total. The van der Waals surface area contributed by atoms with Crippen LogP contribution in [-0.2, 0) is 0 Å². The van der Waals surface area contributed by atoms with Crippen LogP contribution in [0.3, 0.4) is 0 Å². The van der Waals surface area contributed by atoms with Crippen molar-refractivity contribution in [1.29, 1.82) is 0 Å². The van der Waals surface area contributed by atoms with E-state index in [1.54, 1.807) is 0 Å². The summed E-state index contributed by atoms with van der Waals surface area (Å²) in [5.41, 5.74) is 6.89. The SMILES string of the molecule is C1=CC2C(C=C1)[SiH](c1ccccc1)[Si]1(N(c3ccccc3)c3ccccc3N1c1ccccc1)N2c1ccccc1. The molecule has 0 bridgehead atoms. The predicted octanol–water partition coefficient (Wildman–Crippen LogP) is 7.51. The minimum Gasteiger partial charge on any atom is -0.360 e. The molecule has 41 heavy (non-hydrogen) atoms. The Kier molecular flexibility index (Phi) is 5.79. The van der Waals surface area contributed by atoms with Crippen molar-refractivity contribution in [2.45, 2.75) is 11.6 Å². The van der Waals surface area contributed by atoms with Gasteiger partial charge >= 0.3 is 8.08 Å². The van der Waals surface area contributed by atoms with Crippen molar-refractivity contribution >= 4 is 50.0 Å². The molecule has 1 saturated heterocycles. The molecule has 3 nitrogen and oxygen atoms in total. The van der Waals surface area contributed by atoms with Gasteiger partial charge in [0.2, 0.25) is 0 Å². The first-order valence-corrected chi connectivity index (χ1v) is 19.3. The molecule has 2 heterocycles. The molecule has 0 amide bonds. The lowest BCUT2D eigenvalue weighted by Crippen LogP contribution is -2.79. The van der Waals surface area contributed by atoms with Crippen molar-refractivity contribution < 1.29 is 0 Å². The first-order chi connectivity index (χ1) is 20.4. The van der Waals surface area contributed by atoms with Crippen LogP contribution < -0.4 is 18.9 Å². The number of para-hydroxylation sites is 5. The van der Waals surface area contributed by atoms with Gasteiger partial charge < -0.3 is 13.7 Å². The van der Waals surface area contributed by atoms with E-state index < -0.39 is 16.4 Å². The number of nitrogens with zero attached hydrogens (tertiary/aromatic N) is 3. The molecule has 1 spiro atoms. The molecular formula is C36H31N3Si2. The molecule has 5 aromatic rings. The van der Waals surface area contributed by atoms with Crippen LogP contribution in [0.1, 0.15) is 0 Å². The number of fused-ring (bicyclic) bond motifs is 2. The van der Waals surface area contributed by atoms with Gasteiger partial charge in [0, 0.05) is 28.6 Å². The Morgan fingerprint density at radius 2 is 0.902 bits per heavy atom. The highest BCUT2D eigenvalue weighted by Gasteiger charge is 2.72. The first-order valence-electron chi connectivity index (χ1n) is 14.4. The summed E-state index contributed by atoms with van der Waals surface area (Å²) in [7, 11) is -4.70. The lowest BCUT2D eigenvalue weighted by molar-refractivity contribution is 0.819. The van der Waals surface area contributed by atoms with Crippen LogP contribution in [0.15, 0.2) is 170 Å². The van der Waals surface area contributed by atoms with E-state index in [0.29, 0.717) is 5.54 Å². The summed E-state index contributed by atoms with van der Waals surface area (Å²) < 4.78 is 8.51. The van der Waals surface area contributed by atoms with Gasteiger partial charge in [-0.1, -0.05) is 127 Å². The quantitative estimate of drug-likeness (QED) is 0.210. The summed E-state index contributed by atoms with van der Waals surface area (Å²) in [4.78, 5) is 0. The summed E-state index contributed by atoms with van der Waals surface area (Å²) in [6.45, 7) is 0. The van der Waals surface area contributed by atoms with Crippen LogP contribution >= 0.6 is 0 Å². The van der Waals surface area contributed by atoms with Crippen molar-refractivity contribution in [1.82, 2.24) is 0 Å². The molecule has 5 heteroatoms. The molecule has 2 aliphatic heterocycles. The summed E-state index contributed by atoms with van der Waals surface area (Å²) in [6, 6.07) is 54.4. The van der Waals surface area contributed by atoms with E-state index in [-0.39, 0.29) is 6.04 Å². The van der Waals surface area contributed by atoms with Gasteiger partial charge in [-0.25, -0.2) is 0 Å². The maximum atomic E-state index is 2.89. The Morgan fingerprint density at radius 3 is 1.44 bits per heavy atom. The number of hydrogen-bond acceptors (Lipinski definition) is 3. The third-order valence-electron chi connectivity index (χ3n) is 8.85. The second kappa shape index (κ2) is 9.80. The molecule has 1 aliphatic carbocycles. The fraction of sp³-hybridized carbons (Fsp3) is 0.0556. The van der Waals surface area contributed by atoms with Crippen LogP contribution in [0.25, 0.3) is 0 Å². The van der Waals surface area contributed by atoms with E-state index in [1.807, 2.05) is 0 Å². The molecule has 0 radical (unpaired) electrons. The van der Waals surface area contributed by atoms with Crippen molar-refractivity contribution in [3.05, 3.63) is 170 Å². The normalized spacial score (nSPS) is 21.8. The van der Waals surface area contributed by atoms with E-state index in [0.717, 1.165) is 0 Å². The fourth-order valence-electron chi connectivity index (χ4n) is 7.47. The highest BCUT2D eigenvalue weighted by Crippen LogP contribution is 2.58. The third kappa shape index (κ3) is 3.56. The van der Waals surface area contributed by atoms with Crippen LogP contribution in [0, 0.1) is 0 Å². The van der Waals surface area contributed by atoms with Crippen LogP contribution in [0.5, 0.6) is 0 Å². The number of rotatable bonds is 4. The summed E-state index contributed by atoms with van der Waals surface area (Å²) in [5, 5.41) is 1.53. The largest absolute Gasteiger partial charge is 0.367 e. The van der Waals surface area contributed by atoms with Gasteiger partial charge in [-0.3, -0.25) is 0 Å². The topological polar surface area (TPSA) is 9.72 Å². The third-order valence-corrected chi connectivity index (χ3v) is 22.8. The van der Waals surface area contributed by atoms with Gasteiger partial charge in [0.1, 0.15) is 0 Å². The highest BCUT2D eigenvalue weighted by molar-refractivity contribution is 7.44. The van der Waals surface area contributed by atoms with Crippen LogP contribution in [0.2, 0.25) is 5.54 Å². The summed E-state index contributed by atoms with van der Waals surface area (Å²) >= 11 is 0. The van der Waals surface area contributed by atoms with Gasteiger partial charge in [0.25, 0.3) is 0 Å². The van der Waals surface area contributed by atoms with E-state index in [1.165, 1.54) is 33.6 Å². The average Bonchev–Trinajstić information content (AvgIpc) is 3.51. The lowest BCUT2D eigenvalue weighted by atomic mass is 10.1. The molecule has 0 saturated carbocycles. The van der Waals surface area contributed by atoms with E-state index in [2.05, 4.69) is 184 Å².